The molecule has 1 rings (SSSR count). The number of carboxylic acid groups (broad SMARTS) is 1. The molecule has 1 aliphatic rings. The molecule has 0 spiro atoms. The second-order valence-electron chi connectivity index (χ2n) is 4.68. The number of nitrogens with one attached hydrogen (secondary N) is 1. The van der Waals surface area contributed by atoms with Crippen LogP contribution in [0.4, 0.5) is 0 Å². The number of amides is 1. The molecule has 1 fully saturated rings. The zero-order valence-electron chi connectivity index (χ0n) is 10.3. The van der Waals surface area contributed by atoms with Gasteiger partial charge in [0.15, 0.2) is 0 Å². The number of hydrogen-bond acceptors (Lipinski definition) is 2. The van der Waals surface area contributed by atoms with Crippen LogP contribution in [0.3, 0.4) is 0 Å². The van der Waals surface area contributed by atoms with E-state index in [1.165, 1.54) is 0 Å². The Labute approximate surface area is 96.4 Å². The van der Waals surface area contributed by atoms with Gasteiger partial charge in [0.05, 0.1) is 0 Å². The van der Waals surface area contributed by atoms with Crippen LogP contribution in [0.25, 0.3) is 0 Å². The SMILES string of the molecule is CCC(CC)(CC)NC(=O)C1(C(=O)O)CC1. The van der Waals surface area contributed by atoms with Gasteiger partial charge < -0.3 is 10.4 Å². The zero-order valence-corrected chi connectivity index (χ0v) is 10.3. The predicted octanol–water partition coefficient (Wildman–Crippen LogP) is 1.94. The lowest BCUT2D eigenvalue weighted by atomic mass is 9.88. The van der Waals surface area contributed by atoms with Crippen LogP contribution in [0, 0.1) is 5.41 Å². The first-order valence-corrected chi connectivity index (χ1v) is 6.02. The van der Waals surface area contributed by atoms with Crippen LogP contribution >= 0.6 is 0 Å². The third-order valence-corrected chi connectivity index (χ3v) is 4.00. The molecule has 4 heteroatoms. The van der Waals surface area contributed by atoms with E-state index in [1.54, 1.807) is 0 Å². The number of carboxylic acids is 1. The normalized spacial score (nSPS) is 17.9. The molecule has 92 valence electrons. The van der Waals surface area contributed by atoms with Crippen molar-refractivity contribution in [2.45, 2.75) is 58.4 Å². The molecule has 1 amide bonds. The van der Waals surface area contributed by atoms with Crippen molar-refractivity contribution in [2.75, 3.05) is 0 Å². The molecule has 0 heterocycles. The Morgan fingerprint density at radius 3 is 1.88 bits per heavy atom. The van der Waals surface area contributed by atoms with Crippen LogP contribution in [0.15, 0.2) is 0 Å². The van der Waals surface area contributed by atoms with Gasteiger partial charge in [0.25, 0.3) is 0 Å². The fourth-order valence-electron chi connectivity index (χ4n) is 2.04. The van der Waals surface area contributed by atoms with E-state index in [2.05, 4.69) is 5.32 Å². The Kier molecular flexibility index (Phi) is 3.61. The Morgan fingerprint density at radius 2 is 1.62 bits per heavy atom. The third-order valence-electron chi connectivity index (χ3n) is 4.00. The highest BCUT2D eigenvalue weighted by Crippen LogP contribution is 2.46. The summed E-state index contributed by atoms with van der Waals surface area (Å²) in [5.41, 5.74) is -1.35. The van der Waals surface area contributed by atoms with E-state index in [1.807, 2.05) is 20.8 Å². The van der Waals surface area contributed by atoms with Gasteiger partial charge in [-0.2, -0.15) is 0 Å². The standard InChI is InChI=1S/C12H21NO3/c1-4-11(5-2,6-3)13-9(14)12(7-8-12)10(15)16/h4-8H2,1-3H3,(H,13,14)(H,15,16). The van der Waals surface area contributed by atoms with Crippen molar-refractivity contribution in [1.29, 1.82) is 0 Å². The zero-order chi connectivity index (χ0) is 12.4. The number of carbonyl (C=O) groups is 2. The molecule has 0 aromatic heterocycles. The minimum atomic E-state index is -1.12. The number of hydrogen-bond donors (Lipinski definition) is 2. The predicted molar refractivity (Wildman–Crippen MR) is 61.0 cm³/mol. The second kappa shape index (κ2) is 4.44. The maximum Gasteiger partial charge on any atom is 0.319 e. The molecule has 0 unspecified atom stereocenters. The largest absolute Gasteiger partial charge is 0.480 e. The summed E-state index contributed by atoms with van der Waals surface area (Å²) in [5, 5.41) is 12.0. The highest BCUT2D eigenvalue weighted by molar-refractivity contribution is 6.05. The van der Waals surface area contributed by atoms with E-state index < -0.39 is 11.4 Å². The van der Waals surface area contributed by atoms with Gasteiger partial charge in [0, 0.05) is 5.54 Å². The number of carbonyl (C=O) groups excluding carboxylic acids is 1. The van der Waals surface area contributed by atoms with Crippen LogP contribution in [0.5, 0.6) is 0 Å². The molecule has 0 radical (unpaired) electrons. The molecular formula is C12H21NO3. The summed E-state index contributed by atoms with van der Waals surface area (Å²) < 4.78 is 0. The van der Waals surface area contributed by atoms with E-state index >= 15 is 0 Å². The highest BCUT2D eigenvalue weighted by atomic mass is 16.4. The van der Waals surface area contributed by atoms with E-state index in [4.69, 9.17) is 5.11 Å². The number of rotatable bonds is 6. The van der Waals surface area contributed by atoms with Gasteiger partial charge in [-0.3, -0.25) is 9.59 Å². The van der Waals surface area contributed by atoms with Crippen LogP contribution in [-0.4, -0.2) is 22.5 Å². The summed E-state index contributed by atoms with van der Waals surface area (Å²) in [5.74, 6) is -1.28. The van der Waals surface area contributed by atoms with Crippen LogP contribution in [0.1, 0.15) is 52.9 Å². The van der Waals surface area contributed by atoms with Crippen molar-refractivity contribution < 1.29 is 14.7 Å². The molecule has 0 aromatic carbocycles. The van der Waals surface area contributed by atoms with Gasteiger partial charge in [-0.1, -0.05) is 20.8 Å². The van der Waals surface area contributed by atoms with Crippen LogP contribution < -0.4 is 5.32 Å². The van der Waals surface area contributed by atoms with Crippen molar-refractivity contribution in [3.8, 4) is 0 Å². The summed E-state index contributed by atoms with van der Waals surface area (Å²) >= 11 is 0. The van der Waals surface area contributed by atoms with Gasteiger partial charge in [-0.25, -0.2) is 0 Å². The Morgan fingerprint density at radius 1 is 1.19 bits per heavy atom. The summed E-state index contributed by atoms with van der Waals surface area (Å²) in [6.07, 6.45) is 3.45. The lowest BCUT2D eigenvalue weighted by Gasteiger charge is -2.33. The van der Waals surface area contributed by atoms with E-state index in [9.17, 15) is 9.59 Å². The first kappa shape index (κ1) is 13.0. The van der Waals surface area contributed by atoms with Crippen molar-refractivity contribution in [3.05, 3.63) is 0 Å². The summed E-state index contributed by atoms with van der Waals surface area (Å²) in [6, 6.07) is 0. The molecule has 0 aromatic rings. The topological polar surface area (TPSA) is 66.4 Å². The summed E-state index contributed by atoms with van der Waals surface area (Å²) in [6.45, 7) is 6.06. The smallest absolute Gasteiger partial charge is 0.319 e. The van der Waals surface area contributed by atoms with Crippen molar-refractivity contribution in [3.63, 3.8) is 0 Å². The van der Waals surface area contributed by atoms with Gasteiger partial charge in [0.2, 0.25) is 5.91 Å². The van der Waals surface area contributed by atoms with Crippen molar-refractivity contribution in [2.24, 2.45) is 5.41 Å². The highest BCUT2D eigenvalue weighted by Gasteiger charge is 2.57. The maximum atomic E-state index is 12.0. The van der Waals surface area contributed by atoms with Crippen molar-refractivity contribution >= 4 is 11.9 Å². The first-order chi connectivity index (χ1) is 7.46. The fourth-order valence-corrected chi connectivity index (χ4v) is 2.04. The van der Waals surface area contributed by atoms with Crippen LogP contribution in [-0.2, 0) is 9.59 Å². The lowest BCUT2D eigenvalue weighted by molar-refractivity contribution is -0.149. The van der Waals surface area contributed by atoms with E-state index in [0.29, 0.717) is 12.8 Å². The summed E-state index contributed by atoms with van der Waals surface area (Å²) in [7, 11) is 0. The lowest BCUT2D eigenvalue weighted by Crippen LogP contribution is -2.51. The molecule has 4 nitrogen and oxygen atoms in total. The average Bonchev–Trinajstić information content (AvgIpc) is 3.07. The van der Waals surface area contributed by atoms with Crippen molar-refractivity contribution in [1.82, 2.24) is 5.32 Å². The van der Waals surface area contributed by atoms with E-state index in [0.717, 1.165) is 19.3 Å². The Hall–Kier alpha value is -1.06. The van der Waals surface area contributed by atoms with Gasteiger partial charge >= 0.3 is 5.97 Å². The summed E-state index contributed by atoms with van der Waals surface area (Å²) in [4.78, 5) is 23.0. The molecule has 0 bridgehead atoms. The minimum Gasteiger partial charge on any atom is -0.480 e. The maximum absolute atomic E-state index is 12.0. The Balaban J connectivity index is 2.73. The molecule has 2 N–H and O–H groups in total. The first-order valence-electron chi connectivity index (χ1n) is 6.02. The molecule has 1 saturated carbocycles. The molecule has 0 saturated heterocycles. The molecule has 1 aliphatic carbocycles. The van der Waals surface area contributed by atoms with Gasteiger partial charge in [-0.15, -0.1) is 0 Å². The third kappa shape index (κ3) is 2.06. The molecule has 0 aliphatic heterocycles. The van der Waals surface area contributed by atoms with E-state index in [-0.39, 0.29) is 11.4 Å². The second-order valence-corrected chi connectivity index (χ2v) is 4.68. The minimum absolute atomic E-state index is 0.234. The average molecular weight is 227 g/mol. The number of aliphatic carboxylic acids is 1. The quantitative estimate of drug-likeness (QED) is 0.681. The molecular weight excluding hydrogens is 206 g/mol. The van der Waals surface area contributed by atoms with Crippen LogP contribution in [0.2, 0.25) is 0 Å². The molecule has 16 heavy (non-hydrogen) atoms. The monoisotopic (exact) mass is 227 g/mol. The fraction of sp³-hybridized carbons (Fsp3) is 0.833. The molecule has 0 atom stereocenters. The Bertz CT molecular complexity index is 282. The van der Waals surface area contributed by atoms with Gasteiger partial charge in [0.1, 0.15) is 5.41 Å². The van der Waals surface area contributed by atoms with Gasteiger partial charge in [-0.05, 0) is 32.1 Å².